The molecule has 0 bridgehead atoms. The zero-order valence-electron chi connectivity index (χ0n) is 14.1. The number of hydrogen-bond acceptors (Lipinski definition) is 4. The molecule has 2 aromatic carbocycles. The van der Waals surface area contributed by atoms with Crippen molar-refractivity contribution in [2.75, 3.05) is 14.2 Å². The van der Waals surface area contributed by atoms with E-state index in [1.54, 1.807) is 14.2 Å². The summed E-state index contributed by atoms with van der Waals surface area (Å²) in [6.45, 7) is 1.98. The van der Waals surface area contributed by atoms with Crippen molar-refractivity contribution in [3.63, 3.8) is 0 Å². The molecule has 0 aliphatic rings. The third kappa shape index (κ3) is 2.48. The van der Waals surface area contributed by atoms with Crippen LogP contribution in [-0.4, -0.2) is 29.4 Å². The number of nitrogens with zero attached hydrogens (tertiary/aromatic N) is 2. The third-order valence-corrected chi connectivity index (χ3v) is 4.56. The Balaban J connectivity index is 2.15. The van der Waals surface area contributed by atoms with Gasteiger partial charge in [-0.05, 0) is 31.2 Å². The van der Waals surface area contributed by atoms with Crippen molar-refractivity contribution in [3.05, 3.63) is 47.1 Å². The molecule has 4 aromatic rings. The Morgan fingerprint density at radius 3 is 2.24 bits per heavy atom. The number of aromatic amines is 1. The van der Waals surface area contributed by atoms with Gasteiger partial charge in [-0.3, -0.25) is 5.10 Å². The molecule has 0 aliphatic heterocycles. The molecule has 126 valence electrons. The fraction of sp³-hybridized carbons (Fsp3) is 0.158. The van der Waals surface area contributed by atoms with Crippen molar-refractivity contribution in [1.29, 1.82) is 0 Å². The Labute approximate surface area is 149 Å². The number of halogens is 1. The average Bonchev–Trinajstić information content (AvgIpc) is 3.01. The highest BCUT2D eigenvalue weighted by Gasteiger charge is 2.17. The van der Waals surface area contributed by atoms with Crippen LogP contribution >= 0.6 is 11.6 Å². The van der Waals surface area contributed by atoms with Gasteiger partial charge in [0.15, 0.2) is 17.1 Å². The number of hydrogen-bond donors (Lipinski definition) is 1. The Hall–Kier alpha value is -2.79. The van der Waals surface area contributed by atoms with Gasteiger partial charge in [0.2, 0.25) is 0 Å². The van der Waals surface area contributed by atoms with Gasteiger partial charge < -0.3 is 9.47 Å². The van der Waals surface area contributed by atoms with E-state index in [2.05, 4.69) is 10.2 Å². The van der Waals surface area contributed by atoms with E-state index in [-0.39, 0.29) is 0 Å². The summed E-state index contributed by atoms with van der Waals surface area (Å²) in [5.74, 6) is 1.33. The summed E-state index contributed by atoms with van der Waals surface area (Å²) in [4.78, 5) is 4.77. The first-order chi connectivity index (χ1) is 12.1. The first kappa shape index (κ1) is 15.7. The van der Waals surface area contributed by atoms with E-state index in [4.69, 9.17) is 26.1 Å². The second-order valence-corrected chi connectivity index (χ2v) is 6.20. The molecule has 2 aromatic heterocycles. The lowest BCUT2D eigenvalue weighted by molar-refractivity contribution is 0.356. The van der Waals surface area contributed by atoms with E-state index in [1.807, 2.05) is 43.3 Å². The van der Waals surface area contributed by atoms with E-state index in [1.165, 1.54) is 0 Å². The molecule has 4 rings (SSSR count). The number of H-pyrrole nitrogens is 1. The van der Waals surface area contributed by atoms with Gasteiger partial charge in [-0.1, -0.05) is 23.7 Å². The van der Waals surface area contributed by atoms with Gasteiger partial charge in [0.1, 0.15) is 0 Å². The third-order valence-electron chi connectivity index (χ3n) is 4.31. The number of methoxy groups -OCH3 is 2. The Morgan fingerprint density at radius 2 is 1.60 bits per heavy atom. The van der Waals surface area contributed by atoms with Gasteiger partial charge in [0.25, 0.3) is 0 Å². The predicted octanol–water partition coefficient (Wildman–Crippen LogP) is 4.76. The average molecular weight is 354 g/mol. The maximum Gasteiger partial charge on any atom is 0.182 e. The zero-order chi connectivity index (χ0) is 17.6. The van der Waals surface area contributed by atoms with Crippen LogP contribution < -0.4 is 9.47 Å². The maximum absolute atomic E-state index is 6.03. The molecule has 0 spiro atoms. The van der Waals surface area contributed by atoms with E-state index in [9.17, 15) is 0 Å². The molecule has 0 fully saturated rings. The molecule has 25 heavy (non-hydrogen) atoms. The van der Waals surface area contributed by atoms with Crippen LogP contribution in [0.15, 0.2) is 36.4 Å². The molecular formula is C19H16ClN3O2. The molecule has 6 heteroatoms. The van der Waals surface area contributed by atoms with Crippen molar-refractivity contribution < 1.29 is 9.47 Å². The number of fused-ring (bicyclic) bond motifs is 3. The lowest BCUT2D eigenvalue weighted by Gasteiger charge is -2.13. The summed E-state index contributed by atoms with van der Waals surface area (Å²) in [5.41, 5.74) is 3.42. The molecule has 0 amide bonds. The van der Waals surface area contributed by atoms with Gasteiger partial charge >= 0.3 is 0 Å². The minimum absolute atomic E-state index is 0.660. The van der Waals surface area contributed by atoms with Crippen LogP contribution in [0.1, 0.15) is 5.69 Å². The SMILES string of the molecule is COc1cc2c(-c3ccc(Cl)cc3)nc3n[nH]c(C)c3c2cc1OC. The zero-order valence-corrected chi connectivity index (χ0v) is 14.8. The first-order valence-electron chi connectivity index (χ1n) is 7.78. The minimum atomic E-state index is 0.660. The standard InChI is InChI=1S/C19H16ClN3O2/c1-10-17-13-8-15(24-2)16(25-3)9-14(13)18(21-19(17)23-22-10)11-4-6-12(20)7-5-11/h4-9H,1-3H3,(H,21,22,23). The molecule has 0 unspecified atom stereocenters. The Kier molecular flexibility index (Phi) is 3.73. The minimum Gasteiger partial charge on any atom is -0.493 e. The van der Waals surface area contributed by atoms with Crippen molar-refractivity contribution in [2.24, 2.45) is 0 Å². The summed E-state index contributed by atoms with van der Waals surface area (Å²) in [6, 6.07) is 11.5. The van der Waals surface area contributed by atoms with Crippen molar-refractivity contribution in [2.45, 2.75) is 6.92 Å². The number of ether oxygens (including phenoxy) is 2. The van der Waals surface area contributed by atoms with Crippen LogP contribution in [-0.2, 0) is 0 Å². The molecule has 5 nitrogen and oxygen atoms in total. The molecule has 0 radical (unpaired) electrons. The lowest BCUT2D eigenvalue weighted by Crippen LogP contribution is -1.94. The first-order valence-corrected chi connectivity index (χ1v) is 8.16. The number of pyridine rings is 1. The molecule has 0 saturated heterocycles. The summed E-state index contributed by atoms with van der Waals surface area (Å²) in [7, 11) is 3.26. The maximum atomic E-state index is 6.03. The van der Waals surface area contributed by atoms with Crippen LogP contribution in [0.25, 0.3) is 33.1 Å². The van der Waals surface area contributed by atoms with Crippen LogP contribution in [0.5, 0.6) is 11.5 Å². The van der Waals surface area contributed by atoms with Gasteiger partial charge in [0.05, 0.1) is 19.9 Å². The Morgan fingerprint density at radius 1 is 0.960 bits per heavy atom. The summed E-state index contributed by atoms with van der Waals surface area (Å²) in [5, 5.41) is 11.0. The smallest absolute Gasteiger partial charge is 0.182 e. The van der Waals surface area contributed by atoms with Crippen LogP contribution in [0, 0.1) is 6.92 Å². The summed E-state index contributed by atoms with van der Waals surface area (Å²) in [6.07, 6.45) is 0. The van der Waals surface area contributed by atoms with Crippen LogP contribution in [0.3, 0.4) is 0 Å². The van der Waals surface area contributed by atoms with Gasteiger partial charge in [-0.15, -0.1) is 0 Å². The van der Waals surface area contributed by atoms with E-state index < -0.39 is 0 Å². The number of nitrogens with one attached hydrogen (secondary N) is 1. The van der Waals surface area contributed by atoms with Crippen LogP contribution in [0.4, 0.5) is 0 Å². The van der Waals surface area contributed by atoms with Crippen molar-refractivity contribution >= 4 is 33.4 Å². The summed E-state index contributed by atoms with van der Waals surface area (Å²) >= 11 is 6.03. The second-order valence-electron chi connectivity index (χ2n) is 5.77. The molecule has 0 atom stereocenters. The van der Waals surface area contributed by atoms with E-state index in [0.29, 0.717) is 22.2 Å². The quantitative estimate of drug-likeness (QED) is 0.577. The number of aromatic nitrogens is 3. The van der Waals surface area contributed by atoms with Crippen molar-refractivity contribution in [1.82, 2.24) is 15.2 Å². The van der Waals surface area contributed by atoms with Gasteiger partial charge in [-0.2, -0.15) is 5.10 Å². The largest absolute Gasteiger partial charge is 0.493 e. The predicted molar refractivity (Wildman–Crippen MR) is 99.7 cm³/mol. The topological polar surface area (TPSA) is 60.0 Å². The number of benzene rings is 2. The number of aryl methyl sites for hydroxylation is 1. The monoisotopic (exact) mass is 353 g/mol. The van der Waals surface area contributed by atoms with Gasteiger partial charge in [-0.25, -0.2) is 4.98 Å². The Bertz CT molecular complexity index is 1090. The summed E-state index contributed by atoms with van der Waals surface area (Å²) < 4.78 is 11.0. The second kappa shape index (κ2) is 5.93. The molecular weight excluding hydrogens is 338 g/mol. The van der Waals surface area contributed by atoms with E-state index >= 15 is 0 Å². The lowest BCUT2D eigenvalue weighted by atomic mass is 10.0. The van der Waals surface area contributed by atoms with Gasteiger partial charge in [0, 0.05) is 32.4 Å². The highest BCUT2D eigenvalue weighted by molar-refractivity contribution is 6.30. The van der Waals surface area contributed by atoms with E-state index in [0.717, 1.165) is 33.1 Å². The molecule has 0 saturated carbocycles. The fourth-order valence-corrected chi connectivity index (χ4v) is 3.22. The van der Waals surface area contributed by atoms with Crippen molar-refractivity contribution in [3.8, 4) is 22.8 Å². The highest BCUT2D eigenvalue weighted by Crippen LogP contribution is 2.40. The molecule has 2 heterocycles. The number of rotatable bonds is 3. The highest BCUT2D eigenvalue weighted by atomic mass is 35.5. The molecule has 1 N–H and O–H groups in total. The molecule has 0 aliphatic carbocycles. The van der Waals surface area contributed by atoms with Crippen LogP contribution in [0.2, 0.25) is 5.02 Å². The fourth-order valence-electron chi connectivity index (χ4n) is 3.10. The normalized spacial score (nSPS) is 11.2.